The third-order valence-electron chi connectivity index (χ3n) is 7.96. The molecule has 1 fully saturated rings. The number of aryl methyl sites for hydroxylation is 1. The number of fused-ring (bicyclic) bond motifs is 2. The Bertz CT molecular complexity index is 1700. The zero-order chi connectivity index (χ0) is 27.6. The number of nitrogens with zero attached hydrogens (tertiary/aromatic N) is 3. The summed E-state index contributed by atoms with van der Waals surface area (Å²) in [5, 5.41) is 8.19. The Hall–Kier alpha value is -4.39. The Morgan fingerprint density at radius 3 is 2.67 bits per heavy atom. The molecule has 1 aliphatic carbocycles. The number of hydrogen-bond donors (Lipinski definition) is 1. The molecule has 1 saturated carbocycles. The van der Waals surface area contributed by atoms with Gasteiger partial charge in [0.25, 0.3) is 0 Å². The summed E-state index contributed by atoms with van der Waals surface area (Å²) in [6.07, 6.45) is 6.65. The van der Waals surface area contributed by atoms with E-state index >= 15 is 0 Å². The van der Waals surface area contributed by atoms with Gasteiger partial charge in [0.05, 0.1) is 24.6 Å². The third kappa shape index (κ3) is 4.88. The standard InChI is InChI=1S/C33H34N4O3/c1-3-39-32(38)19-27-21(2)8-6-13-31(27)40-20-29-28-18-22(14-15-30(28)37(36-29)23-9-4-5-10-23)24-11-7-12-26-25(24)16-17-35-33(26)34/h6-8,11-18,23H,3-5,9-10,19-20H2,1-2H3,(H2,34,35). The minimum atomic E-state index is -0.256. The van der Waals surface area contributed by atoms with Gasteiger partial charge in [0, 0.05) is 22.5 Å². The number of carbonyl (C=O) groups excluding carboxylic acids is 1. The quantitative estimate of drug-likeness (QED) is 0.217. The van der Waals surface area contributed by atoms with E-state index in [0.717, 1.165) is 62.5 Å². The Labute approximate surface area is 233 Å². The van der Waals surface area contributed by atoms with Crippen LogP contribution in [0.5, 0.6) is 5.75 Å². The maximum Gasteiger partial charge on any atom is 0.310 e. The molecule has 40 heavy (non-hydrogen) atoms. The number of aromatic nitrogens is 3. The van der Waals surface area contributed by atoms with Crippen LogP contribution in [0.25, 0.3) is 32.8 Å². The second-order valence-electron chi connectivity index (χ2n) is 10.5. The van der Waals surface area contributed by atoms with Crippen LogP contribution in [0.1, 0.15) is 55.5 Å². The van der Waals surface area contributed by atoms with Crippen LogP contribution in [0.3, 0.4) is 0 Å². The highest BCUT2D eigenvalue weighted by atomic mass is 16.5. The van der Waals surface area contributed by atoms with Crippen LogP contribution in [-0.2, 0) is 22.6 Å². The van der Waals surface area contributed by atoms with Gasteiger partial charge in [-0.2, -0.15) is 5.10 Å². The van der Waals surface area contributed by atoms with Crippen molar-refractivity contribution in [1.29, 1.82) is 0 Å². The van der Waals surface area contributed by atoms with Gasteiger partial charge in [0.2, 0.25) is 0 Å². The summed E-state index contributed by atoms with van der Waals surface area (Å²) in [6.45, 7) is 4.46. The van der Waals surface area contributed by atoms with Crippen molar-refractivity contribution in [1.82, 2.24) is 14.8 Å². The van der Waals surface area contributed by atoms with Crippen LogP contribution in [0.15, 0.2) is 66.9 Å². The molecule has 204 valence electrons. The first kappa shape index (κ1) is 25.9. The number of hydrogen-bond acceptors (Lipinski definition) is 6. The molecule has 0 saturated heterocycles. The summed E-state index contributed by atoms with van der Waals surface area (Å²) in [6, 6.07) is 21.0. The first-order chi connectivity index (χ1) is 19.5. The Morgan fingerprint density at radius 2 is 1.85 bits per heavy atom. The molecular formula is C33H34N4O3. The minimum Gasteiger partial charge on any atom is -0.487 e. The van der Waals surface area contributed by atoms with Gasteiger partial charge < -0.3 is 15.2 Å². The summed E-state index contributed by atoms with van der Waals surface area (Å²) in [5.41, 5.74) is 12.2. The molecule has 0 aliphatic heterocycles. The molecule has 0 bridgehead atoms. The van der Waals surface area contributed by atoms with Gasteiger partial charge in [0.1, 0.15) is 23.9 Å². The second-order valence-corrected chi connectivity index (χ2v) is 10.5. The third-order valence-corrected chi connectivity index (χ3v) is 7.96. The van der Waals surface area contributed by atoms with Gasteiger partial charge in [-0.3, -0.25) is 9.48 Å². The SMILES string of the molecule is CCOC(=O)Cc1c(C)cccc1OCc1nn(C2CCCC2)c2ccc(-c3cccc4c(N)nccc34)cc12. The monoisotopic (exact) mass is 534 g/mol. The lowest BCUT2D eigenvalue weighted by Crippen LogP contribution is -2.11. The second kappa shape index (κ2) is 11.0. The zero-order valence-corrected chi connectivity index (χ0v) is 23.0. The number of nitrogen functional groups attached to an aromatic ring is 1. The van der Waals surface area contributed by atoms with E-state index < -0.39 is 0 Å². The molecule has 7 heteroatoms. The first-order valence-electron chi connectivity index (χ1n) is 14.0. The van der Waals surface area contributed by atoms with Crippen molar-refractivity contribution < 1.29 is 14.3 Å². The highest BCUT2D eigenvalue weighted by molar-refractivity contribution is 6.02. The molecule has 1 aliphatic rings. The fourth-order valence-corrected chi connectivity index (χ4v) is 5.93. The Kier molecular flexibility index (Phi) is 7.11. The van der Waals surface area contributed by atoms with Crippen LogP contribution in [0, 0.1) is 6.92 Å². The van der Waals surface area contributed by atoms with E-state index in [0.29, 0.717) is 30.8 Å². The van der Waals surface area contributed by atoms with E-state index in [2.05, 4.69) is 33.9 Å². The smallest absolute Gasteiger partial charge is 0.310 e. The van der Waals surface area contributed by atoms with Crippen LogP contribution in [0.4, 0.5) is 5.82 Å². The van der Waals surface area contributed by atoms with Gasteiger partial charge in [-0.25, -0.2) is 4.98 Å². The molecule has 0 radical (unpaired) electrons. The fourth-order valence-electron chi connectivity index (χ4n) is 5.93. The van der Waals surface area contributed by atoms with Crippen molar-refractivity contribution in [3.05, 3.63) is 83.7 Å². The van der Waals surface area contributed by atoms with Gasteiger partial charge in [0.15, 0.2) is 0 Å². The molecule has 6 rings (SSSR count). The number of benzene rings is 3. The summed E-state index contributed by atoms with van der Waals surface area (Å²) in [7, 11) is 0. The molecule has 2 N–H and O–H groups in total. The predicted octanol–water partition coefficient (Wildman–Crippen LogP) is 6.94. The highest BCUT2D eigenvalue weighted by Gasteiger charge is 2.23. The number of carbonyl (C=O) groups is 1. The van der Waals surface area contributed by atoms with Crippen LogP contribution in [-0.4, -0.2) is 27.3 Å². The summed E-state index contributed by atoms with van der Waals surface area (Å²) < 4.78 is 13.8. The van der Waals surface area contributed by atoms with E-state index in [-0.39, 0.29) is 12.4 Å². The molecule has 2 aromatic heterocycles. The number of pyridine rings is 1. The van der Waals surface area contributed by atoms with Crippen LogP contribution < -0.4 is 10.5 Å². The van der Waals surface area contributed by atoms with Crippen molar-refractivity contribution >= 4 is 33.5 Å². The molecule has 2 heterocycles. The molecule has 7 nitrogen and oxygen atoms in total. The van der Waals surface area contributed by atoms with Gasteiger partial charge in [-0.05, 0) is 73.0 Å². The lowest BCUT2D eigenvalue weighted by molar-refractivity contribution is -0.142. The summed E-state index contributed by atoms with van der Waals surface area (Å²) in [5.74, 6) is 0.957. The average Bonchev–Trinajstić information content (AvgIpc) is 3.61. The molecule has 0 atom stereocenters. The minimum absolute atomic E-state index is 0.177. The Balaban J connectivity index is 1.40. The van der Waals surface area contributed by atoms with Crippen molar-refractivity contribution in [3.8, 4) is 16.9 Å². The van der Waals surface area contributed by atoms with Crippen LogP contribution >= 0.6 is 0 Å². The number of nitrogens with two attached hydrogens (primary N) is 1. The lowest BCUT2D eigenvalue weighted by atomic mass is 9.97. The molecule has 3 aromatic carbocycles. The highest BCUT2D eigenvalue weighted by Crippen LogP contribution is 2.37. The topological polar surface area (TPSA) is 92.3 Å². The summed E-state index contributed by atoms with van der Waals surface area (Å²) >= 11 is 0. The number of esters is 1. The average molecular weight is 535 g/mol. The van der Waals surface area contributed by atoms with E-state index in [1.807, 2.05) is 50.2 Å². The summed E-state index contributed by atoms with van der Waals surface area (Å²) in [4.78, 5) is 16.6. The van der Waals surface area contributed by atoms with E-state index in [4.69, 9.17) is 20.3 Å². The molecule has 0 unspecified atom stereocenters. The Morgan fingerprint density at radius 1 is 1.02 bits per heavy atom. The molecule has 0 spiro atoms. The normalized spacial score (nSPS) is 13.8. The lowest BCUT2D eigenvalue weighted by Gasteiger charge is -2.13. The zero-order valence-electron chi connectivity index (χ0n) is 23.0. The molecular weight excluding hydrogens is 500 g/mol. The largest absolute Gasteiger partial charge is 0.487 e. The van der Waals surface area contributed by atoms with Crippen molar-refractivity contribution in [2.45, 2.75) is 58.6 Å². The maximum atomic E-state index is 12.3. The van der Waals surface area contributed by atoms with Gasteiger partial charge >= 0.3 is 5.97 Å². The van der Waals surface area contributed by atoms with Gasteiger partial charge in [-0.15, -0.1) is 0 Å². The van der Waals surface area contributed by atoms with E-state index in [9.17, 15) is 4.79 Å². The van der Waals surface area contributed by atoms with Gasteiger partial charge in [-0.1, -0.05) is 49.2 Å². The maximum absolute atomic E-state index is 12.3. The predicted molar refractivity (Wildman–Crippen MR) is 158 cm³/mol. The number of ether oxygens (including phenoxy) is 2. The fraction of sp³-hybridized carbons (Fsp3) is 0.303. The van der Waals surface area contributed by atoms with Crippen LogP contribution in [0.2, 0.25) is 0 Å². The van der Waals surface area contributed by atoms with Crippen molar-refractivity contribution in [2.24, 2.45) is 0 Å². The molecule has 5 aromatic rings. The van der Waals surface area contributed by atoms with Crippen molar-refractivity contribution in [3.63, 3.8) is 0 Å². The van der Waals surface area contributed by atoms with E-state index in [1.165, 1.54) is 12.8 Å². The number of anilines is 1. The van der Waals surface area contributed by atoms with Crippen molar-refractivity contribution in [2.75, 3.05) is 12.3 Å². The number of rotatable bonds is 8. The molecule has 0 amide bonds. The first-order valence-corrected chi connectivity index (χ1v) is 14.0. The van der Waals surface area contributed by atoms with E-state index in [1.54, 1.807) is 6.20 Å².